The Morgan fingerprint density at radius 1 is 1.15 bits per heavy atom. The molecule has 0 bridgehead atoms. The predicted octanol–water partition coefficient (Wildman–Crippen LogP) is 3.20. The number of phenolic OH excluding ortho intramolecular Hbond substituents is 1. The molecule has 0 unspecified atom stereocenters. The van der Waals surface area contributed by atoms with Crippen LogP contribution >= 0.6 is 11.6 Å². The van der Waals surface area contributed by atoms with Crippen LogP contribution in [0, 0.1) is 0 Å². The fourth-order valence-electron chi connectivity index (χ4n) is 1.64. The molecule has 20 heavy (non-hydrogen) atoms. The molecule has 1 amide bonds. The second-order valence-electron chi connectivity index (χ2n) is 4.15. The van der Waals surface area contributed by atoms with Crippen LogP contribution in [0.5, 0.6) is 5.75 Å². The van der Waals surface area contributed by atoms with Crippen molar-refractivity contribution in [3.05, 3.63) is 59.1 Å². The van der Waals surface area contributed by atoms with E-state index in [1.807, 2.05) is 0 Å². The summed E-state index contributed by atoms with van der Waals surface area (Å²) in [4.78, 5) is 11.7. The summed E-state index contributed by atoms with van der Waals surface area (Å²) < 4.78 is 5.26. The highest BCUT2D eigenvalue weighted by Crippen LogP contribution is 2.20. The van der Waals surface area contributed by atoms with Gasteiger partial charge in [-0.1, -0.05) is 41.9 Å². The smallest absolute Gasteiger partial charge is 0.250 e. The van der Waals surface area contributed by atoms with E-state index in [0.29, 0.717) is 16.3 Å². The third kappa shape index (κ3) is 3.98. The average molecular weight is 292 g/mol. The van der Waals surface area contributed by atoms with Crippen molar-refractivity contribution < 1.29 is 14.6 Å². The quantitative estimate of drug-likeness (QED) is 0.889. The molecular weight excluding hydrogens is 278 g/mol. The second kappa shape index (κ2) is 6.93. The summed E-state index contributed by atoms with van der Waals surface area (Å²) >= 11 is 5.93. The molecule has 5 heteroatoms. The topological polar surface area (TPSA) is 58.6 Å². The van der Waals surface area contributed by atoms with Gasteiger partial charge >= 0.3 is 0 Å². The number of rotatable bonds is 5. The Bertz CT molecular complexity index is 601. The number of ether oxygens (including phenoxy) is 1. The summed E-state index contributed by atoms with van der Waals surface area (Å²) in [7, 11) is 0. The average Bonchev–Trinajstić information content (AvgIpc) is 2.43. The standard InChI is InChI=1S/C15H14ClNO3/c16-12-6-2-3-7-13(12)17-15(19)10-20-9-11-5-1-4-8-14(11)18/h1-8,18H,9-10H2,(H,17,19). The van der Waals surface area contributed by atoms with Crippen LogP contribution in [0.2, 0.25) is 5.02 Å². The number of benzene rings is 2. The Kier molecular flexibility index (Phi) is 4.98. The van der Waals surface area contributed by atoms with Crippen molar-refractivity contribution in [3.8, 4) is 5.75 Å². The van der Waals surface area contributed by atoms with Crippen LogP contribution < -0.4 is 5.32 Å². The Morgan fingerprint density at radius 3 is 2.60 bits per heavy atom. The summed E-state index contributed by atoms with van der Waals surface area (Å²) in [6.07, 6.45) is 0. The molecule has 0 aromatic heterocycles. The van der Waals surface area contributed by atoms with E-state index in [1.54, 1.807) is 48.5 Å². The number of carbonyl (C=O) groups is 1. The fraction of sp³-hybridized carbons (Fsp3) is 0.133. The van der Waals surface area contributed by atoms with Crippen molar-refractivity contribution in [1.29, 1.82) is 0 Å². The first-order valence-corrected chi connectivity index (χ1v) is 6.43. The number of amides is 1. The molecule has 0 heterocycles. The monoisotopic (exact) mass is 291 g/mol. The van der Waals surface area contributed by atoms with Gasteiger partial charge < -0.3 is 15.2 Å². The molecule has 0 radical (unpaired) electrons. The van der Waals surface area contributed by atoms with E-state index in [4.69, 9.17) is 16.3 Å². The Labute approximate surface area is 122 Å². The zero-order chi connectivity index (χ0) is 14.4. The van der Waals surface area contributed by atoms with Crippen molar-refractivity contribution in [2.24, 2.45) is 0 Å². The lowest BCUT2D eigenvalue weighted by molar-refractivity contribution is -0.121. The molecule has 0 aliphatic rings. The minimum atomic E-state index is -0.298. The van der Waals surface area contributed by atoms with Gasteiger partial charge in [0.25, 0.3) is 0 Å². The van der Waals surface area contributed by atoms with E-state index in [2.05, 4.69) is 5.32 Å². The molecule has 2 aromatic rings. The van der Waals surface area contributed by atoms with Gasteiger partial charge in [-0.2, -0.15) is 0 Å². The number of halogens is 1. The molecule has 0 spiro atoms. The first-order chi connectivity index (χ1) is 9.66. The molecule has 0 saturated carbocycles. The van der Waals surface area contributed by atoms with Gasteiger partial charge in [0.05, 0.1) is 17.3 Å². The molecule has 0 fully saturated rings. The maximum atomic E-state index is 11.7. The first kappa shape index (κ1) is 14.4. The van der Waals surface area contributed by atoms with Crippen molar-refractivity contribution in [3.63, 3.8) is 0 Å². The van der Waals surface area contributed by atoms with E-state index < -0.39 is 0 Å². The van der Waals surface area contributed by atoms with Crippen LogP contribution in [0.1, 0.15) is 5.56 Å². The SMILES string of the molecule is O=C(COCc1ccccc1O)Nc1ccccc1Cl. The van der Waals surface area contributed by atoms with Gasteiger partial charge in [0, 0.05) is 5.56 Å². The lowest BCUT2D eigenvalue weighted by atomic mass is 10.2. The van der Waals surface area contributed by atoms with Gasteiger partial charge in [-0.3, -0.25) is 4.79 Å². The predicted molar refractivity (Wildman–Crippen MR) is 77.8 cm³/mol. The van der Waals surface area contributed by atoms with Gasteiger partial charge in [-0.05, 0) is 18.2 Å². The number of hydrogen-bond donors (Lipinski definition) is 2. The largest absolute Gasteiger partial charge is 0.508 e. The Hall–Kier alpha value is -2.04. The molecule has 0 saturated heterocycles. The highest BCUT2D eigenvalue weighted by atomic mass is 35.5. The summed E-state index contributed by atoms with van der Waals surface area (Å²) in [5.41, 5.74) is 1.18. The molecule has 0 aliphatic carbocycles. The van der Waals surface area contributed by atoms with Crippen LogP contribution in [-0.4, -0.2) is 17.6 Å². The van der Waals surface area contributed by atoms with Gasteiger partial charge in [0.1, 0.15) is 12.4 Å². The van der Waals surface area contributed by atoms with Crippen LogP contribution in [-0.2, 0) is 16.1 Å². The number of hydrogen-bond acceptors (Lipinski definition) is 3. The number of para-hydroxylation sites is 2. The van der Waals surface area contributed by atoms with Crippen LogP contribution in [0.4, 0.5) is 5.69 Å². The lowest BCUT2D eigenvalue weighted by Crippen LogP contribution is -2.18. The summed E-state index contributed by atoms with van der Waals surface area (Å²) in [5, 5.41) is 12.7. The van der Waals surface area contributed by atoms with Crippen LogP contribution in [0.25, 0.3) is 0 Å². The Morgan fingerprint density at radius 2 is 1.85 bits per heavy atom. The minimum absolute atomic E-state index is 0.112. The van der Waals surface area contributed by atoms with Gasteiger partial charge in [0.15, 0.2) is 0 Å². The number of aromatic hydroxyl groups is 1. The van der Waals surface area contributed by atoms with Crippen molar-refractivity contribution in [2.75, 3.05) is 11.9 Å². The zero-order valence-electron chi connectivity index (χ0n) is 10.7. The van der Waals surface area contributed by atoms with Crippen LogP contribution in [0.15, 0.2) is 48.5 Å². The third-order valence-corrected chi connectivity index (χ3v) is 2.96. The van der Waals surface area contributed by atoms with E-state index in [0.717, 1.165) is 0 Å². The van der Waals surface area contributed by atoms with Crippen molar-refractivity contribution in [1.82, 2.24) is 0 Å². The number of carbonyl (C=O) groups excluding carboxylic acids is 1. The maximum Gasteiger partial charge on any atom is 0.250 e. The zero-order valence-corrected chi connectivity index (χ0v) is 11.4. The highest BCUT2D eigenvalue weighted by molar-refractivity contribution is 6.33. The fourth-order valence-corrected chi connectivity index (χ4v) is 1.82. The number of phenols is 1. The molecule has 0 atom stereocenters. The molecule has 104 valence electrons. The van der Waals surface area contributed by atoms with Gasteiger partial charge in [-0.25, -0.2) is 0 Å². The molecule has 2 aromatic carbocycles. The minimum Gasteiger partial charge on any atom is -0.508 e. The first-order valence-electron chi connectivity index (χ1n) is 6.06. The number of nitrogens with one attached hydrogen (secondary N) is 1. The van der Waals surface area contributed by atoms with E-state index >= 15 is 0 Å². The normalized spacial score (nSPS) is 10.2. The van der Waals surface area contributed by atoms with E-state index in [1.165, 1.54) is 0 Å². The van der Waals surface area contributed by atoms with Crippen molar-refractivity contribution in [2.45, 2.75) is 6.61 Å². The third-order valence-electron chi connectivity index (χ3n) is 2.63. The summed E-state index contributed by atoms with van der Waals surface area (Å²) in [6, 6.07) is 13.8. The molecule has 0 aliphatic heterocycles. The molecule has 2 N–H and O–H groups in total. The molecular formula is C15H14ClNO3. The van der Waals surface area contributed by atoms with Gasteiger partial charge in [0.2, 0.25) is 5.91 Å². The lowest BCUT2D eigenvalue weighted by Gasteiger charge is -2.08. The molecule has 4 nitrogen and oxygen atoms in total. The highest BCUT2D eigenvalue weighted by Gasteiger charge is 2.06. The summed E-state index contributed by atoms with van der Waals surface area (Å²) in [6.45, 7) is 0.0577. The number of anilines is 1. The van der Waals surface area contributed by atoms with Gasteiger partial charge in [-0.15, -0.1) is 0 Å². The Balaban J connectivity index is 1.82. The van der Waals surface area contributed by atoms with Crippen LogP contribution in [0.3, 0.4) is 0 Å². The maximum absolute atomic E-state index is 11.7. The van der Waals surface area contributed by atoms with Crippen molar-refractivity contribution >= 4 is 23.2 Å². The second-order valence-corrected chi connectivity index (χ2v) is 4.56. The summed E-state index contributed by atoms with van der Waals surface area (Å²) in [5.74, 6) is -0.146. The van der Waals surface area contributed by atoms with E-state index in [9.17, 15) is 9.90 Å². The van der Waals surface area contributed by atoms with E-state index in [-0.39, 0.29) is 24.9 Å². The molecule has 2 rings (SSSR count).